The second kappa shape index (κ2) is 7.39. The third-order valence-corrected chi connectivity index (χ3v) is 3.52. The normalized spacial score (nSPS) is 13.6. The summed E-state index contributed by atoms with van der Waals surface area (Å²) in [6, 6.07) is 5.66. The molecule has 19 heavy (non-hydrogen) atoms. The second-order valence-electron chi connectivity index (χ2n) is 6.36. The van der Waals surface area contributed by atoms with Crippen molar-refractivity contribution >= 4 is 15.9 Å². The van der Waals surface area contributed by atoms with E-state index in [1.54, 1.807) is 6.07 Å². The molecule has 0 radical (unpaired) electrons. The fraction of sp³-hybridized carbons (Fsp3) is 0.625. The number of halogens is 2. The average molecular weight is 330 g/mol. The third-order valence-electron chi connectivity index (χ3n) is 3.02. The van der Waals surface area contributed by atoms with Crippen molar-refractivity contribution in [2.24, 2.45) is 5.41 Å². The number of rotatable bonds is 6. The molecule has 108 valence electrons. The van der Waals surface area contributed by atoms with E-state index in [-0.39, 0.29) is 11.2 Å². The molecule has 0 fully saturated rings. The summed E-state index contributed by atoms with van der Waals surface area (Å²) in [7, 11) is 0. The molecule has 1 N–H and O–H groups in total. The molecule has 0 aromatic heterocycles. The Morgan fingerprint density at radius 2 is 2.00 bits per heavy atom. The lowest BCUT2D eigenvalue weighted by Crippen LogP contribution is -2.35. The van der Waals surface area contributed by atoms with E-state index in [0.717, 1.165) is 35.8 Å². The van der Waals surface area contributed by atoms with E-state index in [2.05, 4.69) is 48.9 Å². The highest BCUT2D eigenvalue weighted by Crippen LogP contribution is 2.24. The zero-order valence-electron chi connectivity index (χ0n) is 12.4. The average Bonchev–Trinajstić information content (AvgIpc) is 2.27. The zero-order chi connectivity index (χ0) is 14.5. The molecule has 0 saturated carbocycles. The lowest BCUT2D eigenvalue weighted by molar-refractivity contribution is 0.305. The summed E-state index contributed by atoms with van der Waals surface area (Å²) in [6.45, 7) is 9.82. The minimum absolute atomic E-state index is 0.119. The molecular formula is C16H25BrFN. The predicted octanol–water partition coefficient (Wildman–Crippen LogP) is 4.94. The van der Waals surface area contributed by atoms with E-state index in [9.17, 15) is 4.39 Å². The highest BCUT2D eigenvalue weighted by Gasteiger charge is 2.19. The summed E-state index contributed by atoms with van der Waals surface area (Å²) in [5.41, 5.74) is 1.04. The number of nitrogens with one attached hydrogen (secondary N) is 1. The van der Waals surface area contributed by atoms with Gasteiger partial charge >= 0.3 is 0 Å². The van der Waals surface area contributed by atoms with E-state index < -0.39 is 0 Å². The Morgan fingerprint density at radius 3 is 2.53 bits per heavy atom. The number of hydrogen-bond acceptors (Lipinski definition) is 1. The summed E-state index contributed by atoms with van der Waals surface area (Å²) in [5.74, 6) is -0.119. The molecule has 0 saturated heterocycles. The fourth-order valence-electron chi connectivity index (χ4n) is 2.26. The van der Waals surface area contributed by atoms with Crippen LogP contribution in [0.15, 0.2) is 22.7 Å². The van der Waals surface area contributed by atoms with Gasteiger partial charge in [-0.05, 0) is 48.9 Å². The fourth-order valence-corrected chi connectivity index (χ4v) is 2.59. The largest absolute Gasteiger partial charge is 0.314 e. The van der Waals surface area contributed by atoms with Crippen LogP contribution >= 0.6 is 15.9 Å². The van der Waals surface area contributed by atoms with Gasteiger partial charge < -0.3 is 5.32 Å². The first-order valence-electron chi connectivity index (χ1n) is 6.99. The first kappa shape index (κ1) is 16.6. The summed E-state index contributed by atoms with van der Waals surface area (Å²) in [6.07, 6.45) is 2.89. The standard InChI is InChI=1S/C16H25BrFN/c1-5-8-19-14(11-16(2,3)4)9-12-6-7-13(17)10-15(12)18/h6-7,10,14,19H,5,8-9,11H2,1-4H3. The maximum Gasteiger partial charge on any atom is 0.127 e. The van der Waals surface area contributed by atoms with E-state index in [1.165, 1.54) is 0 Å². The lowest BCUT2D eigenvalue weighted by Gasteiger charge is -2.27. The van der Waals surface area contributed by atoms with E-state index in [0.29, 0.717) is 6.04 Å². The zero-order valence-corrected chi connectivity index (χ0v) is 14.0. The molecule has 1 nitrogen and oxygen atoms in total. The van der Waals surface area contributed by atoms with Crippen molar-refractivity contribution in [3.05, 3.63) is 34.1 Å². The molecule has 0 aliphatic carbocycles. The van der Waals surface area contributed by atoms with Gasteiger partial charge in [0.15, 0.2) is 0 Å². The summed E-state index contributed by atoms with van der Waals surface area (Å²) >= 11 is 3.30. The minimum atomic E-state index is -0.119. The molecule has 1 unspecified atom stereocenters. The molecule has 0 amide bonds. The van der Waals surface area contributed by atoms with Crippen LogP contribution in [-0.2, 0) is 6.42 Å². The van der Waals surface area contributed by atoms with Gasteiger partial charge in [0.25, 0.3) is 0 Å². The molecule has 3 heteroatoms. The second-order valence-corrected chi connectivity index (χ2v) is 7.27. The summed E-state index contributed by atoms with van der Waals surface area (Å²) in [4.78, 5) is 0. The molecular weight excluding hydrogens is 305 g/mol. The van der Waals surface area contributed by atoms with Crippen molar-refractivity contribution in [3.63, 3.8) is 0 Å². The number of benzene rings is 1. The number of hydrogen-bond donors (Lipinski definition) is 1. The summed E-state index contributed by atoms with van der Waals surface area (Å²) < 4.78 is 14.7. The minimum Gasteiger partial charge on any atom is -0.314 e. The van der Waals surface area contributed by atoms with Gasteiger partial charge in [-0.15, -0.1) is 0 Å². The predicted molar refractivity (Wildman–Crippen MR) is 84.0 cm³/mol. The van der Waals surface area contributed by atoms with Crippen molar-refractivity contribution in [2.75, 3.05) is 6.54 Å². The molecule has 0 heterocycles. The van der Waals surface area contributed by atoms with Crippen LogP contribution in [0.25, 0.3) is 0 Å². The van der Waals surface area contributed by atoms with E-state index in [4.69, 9.17) is 0 Å². The van der Waals surface area contributed by atoms with Crippen LogP contribution in [-0.4, -0.2) is 12.6 Å². The molecule has 1 atom stereocenters. The van der Waals surface area contributed by atoms with Crippen LogP contribution in [0.3, 0.4) is 0 Å². The van der Waals surface area contributed by atoms with Gasteiger partial charge in [0.05, 0.1) is 0 Å². The first-order valence-corrected chi connectivity index (χ1v) is 7.78. The monoisotopic (exact) mass is 329 g/mol. The van der Waals surface area contributed by atoms with E-state index >= 15 is 0 Å². The Labute approximate surface area is 125 Å². The van der Waals surface area contributed by atoms with Crippen LogP contribution in [0, 0.1) is 11.2 Å². The van der Waals surface area contributed by atoms with E-state index in [1.807, 2.05) is 12.1 Å². The Bertz CT molecular complexity index is 398. The Morgan fingerprint density at radius 1 is 1.32 bits per heavy atom. The van der Waals surface area contributed by atoms with Gasteiger partial charge in [0, 0.05) is 10.5 Å². The Kier molecular flexibility index (Phi) is 6.48. The highest BCUT2D eigenvalue weighted by molar-refractivity contribution is 9.10. The lowest BCUT2D eigenvalue weighted by atomic mass is 9.85. The molecule has 1 aromatic rings. The van der Waals surface area contributed by atoms with Crippen LogP contribution in [0.1, 0.15) is 46.1 Å². The molecule has 1 aromatic carbocycles. The van der Waals surface area contributed by atoms with Crippen molar-refractivity contribution in [1.29, 1.82) is 0 Å². The van der Waals surface area contributed by atoms with Gasteiger partial charge in [-0.25, -0.2) is 4.39 Å². The maximum atomic E-state index is 13.9. The van der Waals surface area contributed by atoms with Crippen molar-refractivity contribution in [3.8, 4) is 0 Å². The molecule has 1 rings (SSSR count). The van der Waals surface area contributed by atoms with Crippen molar-refractivity contribution in [2.45, 2.75) is 53.0 Å². The first-order chi connectivity index (χ1) is 8.81. The van der Waals surface area contributed by atoms with Crippen molar-refractivity contribution < 1.29 is 4.39 Å². The van der Waals surface area contributed by atoms with Gasteiger partial charge in [0.1, 0.15) is 5.82 Å². The van der Waals surface area contributed by atoms with Crippen LogP contribution in [0.5, 0.6) is 0 Å². The maximum absolute atomic E-state index is 13.9. The molecule has 0 aliphatic rings. The molecule has 0 aliphatic heterocycles. The van der Waals surface area contributed by atoms with Gasteiger partial charge in [0.2, 0.25) is 0 Å². The third kappa shape index (κ3) is 6.53. The van der Waals surface area contributed by atoms with Crippen LogP contribution < -0.4 is 5.32 Å². The molecule has 0 spiro atoms. The molecule has 0 bridgehead atoms. The quantitative estimate of drug-likeness (QED) is 0.779. The van der Waals surface area contributed by atoms with Gasteiger partial charge in [-0.2, -0.15) is 0 Å². The van der Waals surface area contributed by atoms with Gasteiger partial charge in [-0.1, -0.05) is 49.7 Å². The van der Waals surface area contributed by atoms with Crippen LogP contribution in [0.2, 0.25) is 0 Å². The smallest absolute Gasteiger partial charge is 0.127 e. The highest BCUT2D eigenvalue weighted by atomic mass is 79.9. The Hall–Kier alpha value is -0.410. The SMILES string of the molecule is CCCNC(Cc1ccc(Br)cc1F)CC(C)(C)C. The van der Waals surface area contributed by atoms with Crippen LogP contribution in [0.4, 0.5) is 4.39 Å². The topological polar surface area (TPSA) is 12.0 Å². The van der Waals surface area contributed by atoms with Gasteiger partial charge in [-0.3, -0.25) is 0 Å². The summed E-state index contributed by atoms with van der Waals surface area (Å²) in [5, 5.41) is 3.54. The van der Waals surface area contributed by atoms with Crippen molar-refractivity contribution in [1.82, 2.24) is 5.32 Å². The Balaban J connectivity index is 2.75.